The molecule has 2 amide bonds. The quantitative estimate of drug-likeness (QED) is 0.500. The summed E-state index contributed by atoms with van der Waals surface area (Å²) in [4.78, 5) is 42.2. The third-order valence-corrected chi connectivity index (χ3v) is 7.80. The van der Waals surface area contributed by atoms with Crippen molar-refractivity contribution in [1.82, 2.24) is 9.80 Å². The molecule has 3 aliphatic rings. The molecule has 4 rings (SSSR count). The molecule has 7 nitrogen and oxygen atoms in total. The molecule has 0 aromatic heterocycles. The Morgan fingerprint density at radius 1 is 1.18 bits per heavy atom. The number of halogens is 1. The van der Waals surface area contributed by atoms with E-state index in [4.69, 9.17) is 16.3 Å². The Hall–Kier alpha value is -2.12. The van der Waals surface area contributed by atoms with Crippen LogP contribution in [0, 0.1) is 18.3 Å². The van der Waals surface area contributed by atoms with Gasteiger partial charge in [-0.05, 0) is 62.8 Å². The second-order valence-corrected chi connectivity index (χ2v) is 10.3. The summed E-state index contributed by atoms with van der Waals surface area (Å²) in [7, 11) is 1.31. The van der Waals surface area contributed by atoms with Gasteiger partial charge in [0.05, 0.1) is 7.11 Å². The minimum absolute atomic E-state index is 0.167. The van der Waals surface area contributed by atoms with Crippen LogP contribution in [0.1, 0.15) is 56.6 Å². The Kier molecular flexibility index (Phi) is 7.01. The summed E-state index contributed by atoms with van der Waals surface area (Å²) in [6.45, 7) is 7.12. The van der Waals surface area contributed by atoms with Crippen molar-refractivity contribution >= 4 is 35.1 Å². The first-order valence-electron chi connectivity index (χ1n) is 12.0. The van der Waals surface area contributed by atoms with E-state index in [-0.39, 0.29) is 17.9 Å². The summed E-state index contributed by atoms with van der Waals surface area (Å²) in [6, 6.07) is 3.83. The van der Waals surface area contributed by atoms with Crippen molar-refractivity contribution in [3.63, 3.8) is 0 Å². The SMILES string of the molecule is COC(=O)C1(C(=O)Nc2cc(Cl)cc(CN3CCN(C(=O)C4CCCC4)[C@@H](C)C3)c2C)CC1. The number of hydrogen-bond acceptors (Lipinski definition) is 5. The zero-order valence-corrected chi connectivity index (χ0v) is 20.5. The third kappa shape index (κ3) is 4.90. The average molecular weight is 476 g/mol. The van der Waals surface area contributed by atoms with Gasteiger partial charge < -0.3 is 15.0 Å². The number of nitrogens with zero attached hydrogens (tertiary/aromatic N) is 2. The van der Waals surface area contributed by atoms with Crippen LogP contribution in [0.25, 0.3) is 0 Å². The van der Waals surface area contributed by atoms with Gasteiger partial charge in [0.15, 0.2) is 0 Å². The van der Waals surface area contributed by atoms with Crippen LogP contribution >= 0.6 is 11.6 Å². The van der Waals surface area contributed by atoms with Crippen molar-refractivity contribution in [3.05, 3.63) is 28.3 Å². The van der Waals surface area contributed by atoms with Crippen molar-refractivity contribution in [1.29, 1.82) is 0 Å². The molecule has 180 valence electrons. The van der Waals surface area contributed by atoms with Crippen LogP contribution in [-0.4, -0.2) is 60.4 Å². The molecule has 1 aromatic rings. The number of piperazine rings is 1. The fourth-order valence-electron chi connectivity index (χ4n) is 5.27. The Bertz CT molecular complexity index is 940. The summed E-state index contributed by atoms with van der Waals surface area (Å²) >= 11 is 6.39. The maximum atomic E-state index is 12.9. The molecule has 3 fully saturated rings. The maximum absolute atomic E-state index is 12.9. The minimum Gasteiger partial charge on any atom is -0.468 e. The van der Waals surface area contributed by atoms with E-state index >= 15 is 0 Å². The number of benzene rings is 1. The number of carbonyl (C=O) groups is 3. The highest BCUT2D eigenvalue weighted by atomic mass is 35.5. The summed E-state index contributed by atoms with van der Waals surface area (Å²) in [5.41, 5.74) is 1.52. The van der Waals surface area contributed by atoms with Crippen LogP contribution in [0.4, 0.5) is 5.69 Å². The summed E-state index contributed by atoms with van der Waals surface area (Å²) in [6.07, 6.45) is 5.38. The molecule has 1 atom stereocenters. The Balaban J connectivity index is 1.42. The van der Waals surface area contributed by atoms with E-state index in [1.165, 1.54) is 20.0 Å². The van der Waals surface area contributed by atoms with Gasteiger partial charge in [0.2, 0.25) is 11.8 Å². The second kappa shape index (κ2) is 9.63. The predicted octanol–water partition coefficient (Wildman–Crippen LogP) is 3.76. The first-order valence-corrected chi connectivity index (χ1v) is 12.3. The number of amides is 2. The van der Waals surface area contributed by atoms with Gasteiger partial charge in [0, 0.05) is 48.8 Å². The lowest BCUT2D eigenvalue weighted by Gasteiger charge is -2.41. The number of methoxy groups -OCH3 is 1. The molecule has 2 aliphatic carbocycles. The molecule has 1 saturated heterocycles. The van der Waals surface area contributed by atoms with Crippen molar-refractivity contribution in [2.75, 3.05) is 32.1 Å². The smallest absolute Gasteiger partial charge is 0.321 e. The highest BCUT2D eigenvalue weighted by molar-refractivity contribution is 6.31. The summed E-state index contributed by atoms with van der Waals surface area (Å²) in [5, 5.41) is 3.45. The molecule has 0 radical (unpaired) electrons. The van der Waals surface area contributed by atoms with Crippen molar-refractivity contribution < 1.29 is 19.1 Å². The van der Waals surface area contributed by atoms with Gasteiger partial charge >= 0.3 is 5.97 Å². The lowest BCUT2D eigenvalue weighted by molar-refractivity contribution is -0.150. The van der Waals surface area contributed by atoms with Crippen LogP contribution in [0.3, 0.4) is 0 Å². The molecular formula is C25H34ClN3O4. The topological polar surface area (TPSA) is 79.0 Å². The van der Waals surface area contributed by atoms with Crippen LogP contribution in [0.15, 0.2) is 12.1 Å². The summed E-state index contributed by atoms with van der Waals surface area (Å²) < 4.78 is 4.82. The van der Waals surface area contributed by atoms with E-state index in [0.29, 0.717) is 36.0 Å². The second-order valence-electron chi connectivity index (χ2n) is 9.86. The monoisotopic (exact) mass is 475 g/mol. The fourth-order valence-corrected chi connectivity index (χ4v) is 5.51. The van der Waals surface area contributed by atoms with Crippen molar-refractivity contribution in [2.24, 2.45) is 11.3 Å². The molecule has 0 bridgehead atoms. The predicted molar refractivity (Wildman–Crippen MR) is 127 cm³/mol. The van der Waals surface area contributed by atoms with Gasteiger partial charge in [0.25, 0.3) is 0 Å². The van der Waals surface area contributed by atoms with Crippen LogP contribution < -0.4 is 5.32 Å². The summed E-state index contributed by atoms with van der Waals surface area (Å²) in [5.74, 6) is -0.291. The number of rotatable bonds is 6. The number of hydrogen-bond donors (Lipinski definition) is 1. The van der Waals surface area contributed by atoms with E-state index in [1.54, 1.807) is 6.07 Å². The molecule has 1 aliphatic heterocycles. The van der Waals surface area contributed by atoms with Crippen molar-refractivity contribution in [3.8, 4) is 0 Å². The Labute approximate surface area is 200 Å². The van der Waals surface area contributed by atoms with Crippen molar-refractivity contribution in [2.45, 2.75) is 65.0 Å². The van der Waals surface area contributed by atoms with Crippen LogP contribution in [0.2, 0.25) is 5.02 Å². The Morgan fingerprint density at radius 2 is 1.88 bits per heavy atom. The highest BCUT2D eigenvalue weighted by Gasteiger charge is 2.57. The number of carbonyl (C=O) groups excluding carboxylic acids is 3. The highest BCUT2D eigenvalue weighted by Crippen LogP contribution is 2.48. The van der Waals surface area contributed by atoms with Gasteiger partial charge in [-0.2, -0.15) is 0 Å². The van der Waals surface area contributed by atoms with Gasteiger partial charge in [-0.15, -0.1) is 0 Å². The molecule has 0 unspecified atom stereocenters. The van der Waals surface area contributed by atoms with E-state index in [1.807, 2.05) is 13.0 Å². The third-order valence-electron chi connectivity index (χ3n) is 7.58. The molecule has 2 saturated carbocycles. The van der Waals surface area contributed by atoms with Gasteiger partial charge in [-0.1, -0.05) is 24.4 Å². The first kappa shape index (κ1) is 24.0. The zero-order valence-electron chi connectivity index (χ0n) is 19.8. The number of anilines is 1. The van der Waals surface area contributed by atoms with Crippen LogP contribution in [-0.2, 0) is 25.7 Å². The van der Waals surface area contributed by atoms with Crippen LogP contribution in [0.5, 0.6) is 0 Å². The van der Waals surface area contributed by atoms with Gasteiger partial charge in [-0.25, -0.2) is 0 Å². The average Bonchev–Trinajstić information content (AvgIpc) is 3.42. The number of nitrogens with one attached hydrogen (secondary N) is 1. The normalized spacial score (nSPS) is 22.8. The molecule has 1 heterocycles. The fraction of sp³-hybridized carbons (Fsp3) is 0.640. The van der Waals surface area contributed by atoms with Gasteiger partial charge in [-0.3, -0.25) is 19.3 Å². The lowest BCUT2D eigenvalue weighted by Crippen LogP contribution is -2.54. The molecule has 0 spiro atoms. The van der Waals surface area contributed by atoms with E-state index in [0.717, 1.165) is 43.6 Å². The molecule has 1 aromatic carbocycles. The minimum atomic E-state index is -1.07. The largest absolute Gasteiger partial charge is 0.468 e. The maximum Gasteiger partial charge on any atom is 0.321 e. The number of ether oxygens (including phenoxy) is 1. The van der Waals surface area contributed by atoms with E-state index in [9.17, 15) is 14.4 Å². The lowest BCUT2D eigenvalue weighted by atomic mass is 10.0. The van der Waals surface area contributed by atoms with E-state index < -0.39 is 11.4 Å². The Morgan fingerprint density at radius 3 is 2.48 bits per heavy atom. The number of esters is 1. The van der Waals surface area contributed by atoms with Gasteiger partial charge in [0.1, 0.15) is 5.41 Å². The molecule has 1 N–H and O–H groups in total. The molecular weight excluding hydrogens is 442 g/mol. The van der Waals surface area contributed by atoms with E-state index in [2.05, 4.69) is 22.0 Å². The molecule has 33 heavy (non-hydrogen) atoms. The first-order chi connectivity index (χ1) is 15.7. The zero-order chi connectivity index (χ0) is 23.8. The standard InChI is InChI=1S/C25H34ClN3O4/c1-16-14-28(10-11-29(16)22(30)18-6-4-5-7-18)15-19-12-20(26)13-21(17(19)2)27-23(31)25(8-9-25)24(32)33-3/h12-13,16,18H,4-11,14-15H2,1-3H3,(H,27,31)/t16-/m0/s1. The molecule has 8 heteroatoms.